The molecule has 0 saturated heterocycles. The van der Waals surface area contributed by atoms with E-state index in [4.69, 9.17) is 0 Å². The zero-order valence-electron chi connectivity index (χ0n) is 8.89. The van der Waals surface area contributed by atoms with Crippen LogP contribution in [0, 0.1) is 13.3 Å². The molecule has 0 atom stereocenters. The van der Waals surface area contributed by atoms with Crippen LogP contribution in [0.2, 0.25) is 0 Å². The van der Waals surface area contributed by atoms with Crippen LogP contribution in [-0.2, 0) is 0 Å². The van der Waals surface area contributed by atoms with Crippen LogP contribution < -0.4 is 58.2 Å². The van der Waals surface area contributed by atoms with Gasteiger partial charge in [-0.25, -0.2) is 0 Å². The van der Waals surface area contributed by atoms with Crippen LogP contribution in [0.25, 0.3) is 0 Å². The van der Waals surface area contributed by atoms with Crippen LogP contribution in [0.15, 0.2) is 24.3 Å². The molecule has 0 aliphatic carbocycles. The summed E-state index contributed by atoms with van der Waals surface area (Å²) in [5.41, 5.74) is 2.61. The monoisotopic (exact) mass is 234 g/mol. The minimum absolute atomic E-state index is 0. The third-order valence-electron chi connectivity index (χ3n) is 1.41. The van der Waals surface area contributed by atoms with Gasteiger partial charge in [0.25, 0.3) is 0 Å². The van der Waals surface area contributed by atoms with E-state index in [-0.39, 0.29) is 58.2 Å². The third kappa shape index (κ3) is 6.42. The zero-order chi connectivity index (χ0) is 8.69. The summed E-state index contributed by atoms with van der Waals surface area (Å²) in [7, 11) is 0. The molecule has 0 amide bonds. The van der Waals surface area contributed by atoms with Gasteiger partial charge in [0.2, 0.25) is 0 Å². The van der Waals surface area contributed by atoms with Crippen molar-refractivity contribution in [1.29, 1.82) is 0 Å². The quantitative estimate of drug-likeness (QED) is 0.625. The van der Waals surface area contributed by atoms with Gasteiger partial charge in [0.15, 0.2) is 0 Å². The molecule has 0 nitrogen and oxygen atoms in total. The molecule has 0 heterocycles. The topological polar surface area (TPSA) is 0 Å². The van der Waals surface area contributed by atoms with E-state index < -0.39 is 0 Å². The predicted molar refractivity (Wildman–Crippen MR) is 51.6 cm³/mol. The molecule has 0 unspecified atom stereocenters. The van der Waals surface area contributed by atoms with Crippen molar-refractivity contribution in [3.05, 3.63) is 41.8 Å². The van der Waals surface area contributed by atoms with Gasteiger partial charge in [-0.15, -0.1) is 12.1 Å². The summed E-state index contributed by atoms with van der Waals surface area (Å²) in [5, 5.41) is 0. The molecule has 1 heteroatoms. The van der Waals surface area contributed by atoms with Crippen LogP contribution in [0.5, 0.6) is 0 Å². The van der Waals surface area contributed by atoms with Crippen molar-refractivity contribution in [2.24, 2.45) is 0 Å². The summed E-state index contributed by atoms with van der Waals surface area (Å²) in [5.74, 6) is 0. The van der Waals surface area contributed by atoms with E-state index in [1.807, 2.05) is 20.8 Å². The Kier molecular flexibility index (Phi) is 12.8. The Morgan fingerprint density at radius 2 is 1.42 bits per heavy atom. The average molecular weight is 235 g/mol. The zero-order valence-corrected chi connectivity index (χ0v) is 13.8. The Morgan fingerprint density at radius 3 is 1.75 bits per heavy atom. The first-order chi connectivity index (χ1) is 5.33. The summed E-state index contributed by atoms with van der Waals surface area (Å²) in [4.78, 5) is 0. The molecule has 1 rings (SSSR count). The molecule has 0 fully saturated rings. The number of hydrogen-bond acceptors (Lipinski definition) is 0. The van der Waals surface area contributed by atoms with Gasteiger partial charge in [-0.05, 0) is 6.92 Å². The first-order valence-corrected chi connectivity index (χ1v) is 4.19. The van der Waals surface area contributed by atoms with E-state index in [1.54, 1.807) is 0 Å². The van der Waals surface area contributed by atoms with Crippen molar-refractivity contribution >= 4 is 0 Å². The van der Waals surface area contributed by atoms with Crippen LogP contribution in [0.4, 0.5) is 0 Å². The molecular formula is C11H17Rb. The van der Waals surface area contributed by atoms with Gasteiger partial charge in [0.05, 0.1) is 0 Å². The molecule has 0 spiro atoms. The Labute approximate surface area is 126 Å². The number of aryl methyl sites for hydroxylation is 1. The fourth-order valence-electron chi connectivity index (χ4n) is 0.759. The summed E-state index contributed by atoms with van der Waals surface area (Å²) >= 11 is 0. The first-order valence-electron chi connectivity index (χ1n) is 4.19. The van der Waals surface area contributed by atoms with Crippen molar-refractivity contribution in [3.63, 3.8) is 0 Å². The molecule has 1 aromatic carbocycles. The maximum absolute atomic E-state index is 2.12. The molecule has 0 saturated carbocycles. The largest absolute Gasteiger partial charge is 1.00 e. The van der Waals surface area contributed by atoms with E-state index >= 15 is 0 Å². The van der Waals surface area contributed by atoms with Gasteiger partial charge < -0.3 is 0 Å². The van der Waals surface area contributed by atoms with Crippen molar-refractivity contribution in [2.45, 2.75) is 27.7 Å². The second-order valence-electron chi connectivity index (χ2n) is 2.20. The Bertz CT molecular complexity index is 177. The van der Waals surface area contributed by atoms with Crippen LogP contribution in [0.3, 0.4) is 0 Å². The standard InChI is InChI=1S/C9H11.C2H6.Rb/c1-3-9-6-4-8(2)5-7-9;1-2;/h3-7H,1-2H3;1-2H3;/q-1;;+1. The van der Waals surface area contributed by atoms with Gasteiger partial charge in [-0.2, -0.15) is 24.1 Å². The minimum atomic E-state index is 0. The summed E-state index contributed by atoms with van der Waals surface area (Å²) in [6.07, 6.45) is 2.10. The maximum atomic E-state index is 2.12. The van der Waals surface area contributed by atoms with Gasteiger partial charge in [-0.3, -0.25) is 0 Å². The van der Waals surface area contributed by atoms with Gasteiger partial charge in [0.1, 0.15) is 0 Å². The molecule has 1 aromatic rings. The molecule has 0 aromatic heterocycles. The summed E-state index contributed by atoms with van der Waals surface area (Å²) in [6, 6.07) is 8.48. The SMILES string of the molecule is CC.C[CH-]c1ccc(C)cc1.[Rb+]. The minimum Gasteiger partial charge on any atom is -0.192 e. The summed E-state index contributed by atoms with van der Waals surface area (Å²) < 4.78 is 0. The molecule has 0 aliphatic heterocycles. The van der Waals surface area contributed by atoms with E-state index in [9.17, 15) is 0 Å². The maximum Gasteiger partial charge on any atom is 1.00 e. The van der Waals surface area contributed by atoms with Gasteiger partial charge >= 0.3 is 58.2 Å². The normalized spacial score (nSPS) is 7.33. The van der Waals surface area contributed by atoms with E-state index in [2.05, 4.69) is 37.6 Å². The second-order valence-corrected chi connectivity index (χ2v) is 2.20. The molecule has 0 aliphatic rings. The molecular weight excluding hydrogens is 218 g/mol. The Hall–Kier alpha value is 0.895. The molecule has 12 heavy (non-hydrogen) atoms. The van der Waals surface area contributed by atoms with Crippen molar-refractivity contribution < 1.29 is 58.2 Å². The summed E-state index contributed by atoms with van der Waals surface area (Å²) in [6.45, 7) is 8.14. The van der Waals surface area contributed by atoms with E-state index in [0.717, 1.165) is 0 Å². The van der Waals surface area contributed by atoms with Gasteiger partial charge in [0, 0.05) is 0 Å². The predicted octanol–water partition coefficient (Wildman–Crippen LogP) is 0.598. The third-order valence-corrected chi connectivity index (χ3v) is 1.41. The molecule has 62 valence electrons. The van der Waals surface area contributed by atoms with Gasteiger partial charge in [-0.1, -0.05) is 26.3 Å². The second kappa shape index (κ2) is 9.98. The number of hydrogen-bond donors (Lipinski definition) is 0. The van der Waals surface area contributed by atoms with Crippen LogP contribution in [-0.4, -0.2) is 0 Å². The average Bonchev–Trinajstić information content (AvgIpc) is 2.10. The first kappa shape index (κ1) is 15.4. The van der Waals surface area contributed by atoms with E-state index in [0.29, 0.717) is 0 Å². The molecule has 0 bridgehead atoms. The number of benzene rings is 1. The van der Waals surface area contributed by atoms with Crippen molar-refractivity contribution in [2.75, 3.05) is 0 Å². The van der Waals surface area contributed by atoms with Crippen molar-refractivity contribution in [1.82, 2.24) is 0 Å². The van der Waals surface area contributed by atoms with Crippen LogP contribution >= 0.6 is 0 Å². The number of rotatable bonds is 1. The fourth-order valence-corrected chi connectivity index (χ4v) is 0.759. The fraction of sp³-hybridized carbons (Fsp3) is 0.364. The van der Waals surface area contributed by atoms with Crippen LogP contribution in [0.1, 0.15) is 31.9 Å². The molecule has 0 N–H and O–H groups in total. The Morgan fingerprint density at radius 1 is 1.00 bits per heavy atom. The van der Waals surface area contributed by atoms with E-state index in [1.165, 1.54) is 11.1 Å². The smallest absolute Gasteiger partial charge is 0.192 e. The molecule has 0 radical (unpaired) electrons. The van der Waals surface area contributed by atoms with Crippen molar-refractivity contribution in [3.8, 4) is 0 Å². The Balaban J connectivity index is 0.